The standard InChI is InChI=1S/C20H22N2O2/c1-16(19-12-10-17(11-13-19)7-5-6-14-23)22-20(24)21-15-18-8-3-2-4-9-18/h2-4,8-13,16,23H,6,14-15H2,1H3,(H2,21,22,24). The first kappa shape index (κ1) is 17.6. The lowest BCUT2D eigenvalue weighted by molar-refractivity contribution is 0.237. The molecule has 4 heteroatoms. The van der Waals surface area contributed by atoms with E-state index < -0.39 is 0 Å². The van der Waals surface area contributed by atoms with Gasteiger partial charge >= 0.3 is 6.03 Å². The Morgan fingerprint density at radius 1 is 1.12 bits per heavy atom. The molecule has 0 radical (unpaired) electrons. The number of urea groups is 1. The predicted molar refractivity (Wildman–Crippen MR) is 95.3 cm³/mol. The second kappa shape index (κ2) is 9.39. The summed E-state index contributed by atoms with van der Waals surface area (Å²) < 4.78 is 0. The predicted octanol–water partition coefficient (Wildman–Crippen LogP) is 2.98. The van der Waals surface area contributed by atoms with Gasteiger partial charge in [-0.1, -0.05) is 54.3 Å². The first-order valence-corrected chi connectivity index (χ1v) is 7.97. The number of hydrogen-bond donors (Lipinski definition) is 3. The molecule has 0 aliphatic rings. The maximum absolute atomic E-state index is 12.0. The SMILES string of the molecule is CC(NC(=O)NCc1ccccc1)c1ccc(C#CCCO)cc1. The van der Waals surface area contributed by atoms with E-state index in [-0.39, 0.29) is 18.7 Å². The topological polar surface area (TPSA) is 61.4 Å². The van der Waals surface area contributed by atoms with Gasteiger partial charge in [-0.25, -0.2) is 4.79 Å². The van der Waals surface area contributed by atoms with Crippen molar-refractivity contribution in [2.24, 2.45) is 0 Å². The van der Waals surface area contributed by atoms with Gasteiger partial charge in [0.05, 0.1) is 12.6 Å². The number of hydrogen-bond acceptors (Lipinski definition) is 2. The Kier molecular flexibility index (Phi) is 6.88. The van der Waals surface area contributed by atoms with Gasteiger partial charge < -0.3 is 15.7 Å². The molecule has 0 aliphatic heterocycles. The first-order valence-electron chi connectivity index (χ1n) is 7.97. The molecule has 2 aromatic carbocycles. The Bertz CT molecular complexity index is 700. The summed E-state index contributed by atoms with van der Waals surface area (Å²) in [6, 6.07) is 17.2. The summed E-state index contributed by atoms with van der Waals surface area (Å²) in [5, 5.41) is 14.5. The van der Waals surface area contributed by atoms with Crippen LogP contribution >= 0.6 is 0 Å². The second-order valence-corrected chi connectivity index (χ2v) is 5.43. The summed E-state index contributed by atoms with van der Waals surface area (Å²) in [5.41, 5.74) is 2.97. The van der Waals surface area contributed by atoms with Crippen molar-refractivity contribution in [3.63, 3.8) is 0 Å². The number of benzene rings is 2. The first-order chi connectivity index (χ1) is 11.7. The Morgan fingerprint density at radius 2 is 1.83 bits per heavy atom. The normalized spacial score (nSPS) is 11.1. The van der Waals surface area contributed by atoms with Crippen LogP contribution in [0, 0.1) is 11.8 Å². The van der Waals surface area contributed by atoms with Crippen molar-refractivity contribution in [2.75, 3.05) is 6.61 Å². The van der Waals surface area contributed by atoms with Gasteiger partial charge in [0, 0.05) is 18.5 Å². The van der Waals surface area contributed by atoms with Gasteiger partial charge in [-0.2, -0.15) is 0 Å². The molecule has 0 saturated carbocycles. The lowest BCUT2D eigenvalue weighted by atomic mass is 10.1. The molecule has 0 aromatic heterocycles. The van der Waals surface area contributed by atoms with Crippen LogP contribution in [-0.4, -0.2) is 17.7 Å². The van der Waals surface area contributed by atoms with Crippen molar-refractivity contribution < 1.29 is 9.90 Å². The third-order valence-electron chi connectivity index (χ3n) is 3.52. The van der Waals surface area contributed by atoms with E-state index in [1.807, 2.05) is 61.5 Å². The molecule has 0 aliphatic carbocycles. The third-order valence-corrected chi connectivity index (χ3v) is 3.52. The number of amides is 2. The Morgan fingerprint density at radius 3 is 2.50 bits per heavy atom. The molecule has 24 heavy (non-hydrogen) atoms. The number of carbonyl (C=O) groups excluding carboxylic acids is 1. The second-order valence-electron chi connectivity index (χ2n) is 5.43. The van der Waals surface area contributed by atoms with Crippen LogP contribution in [0.1, 0.15) is 36.1 Å². The Hall–Kier alpha value is -2.77. The van der Waals surface area contributed by atoms with E-state index in [9.17, 15) is 4.79 Å². The molecular weight excluding hydrogens is 300 g/mol. The van der Waals surface area contributed by atoms with E-state index in [4.69, 9.17) is 5.11 Å². The van der Waals surface area contributed by atoms with Gasteiger partial charge in [0.15, 0.2) is 0 Å². The van der Waals surface area contributed by atoms with Gasteiger partial charge in [-0.05, 0) is 30.2 Å². The van der Waals surface area contributed by atoms with Gasteiger partial charge in [0.2, 0.25) is 0 Å². The quantitative estimate of drug-likeness (QED) is 0.741. The average molecular weight is 322 g/mol. The minimum Gasteiger partial charge on any atom is -0.395 e. The maximum Gasteiger partial charge on any atom is 0.315 e. The van der Waals surface area contributed by atoms with Gasteiger partial charge in [-0.15, -0.1) is 0 Å². The van der Waals surface area contributed by atoms with Crippen LogP contribution in [0.3, 0.4) is 0 Å². The van der Waals surface area contributed by atoms with Crippen molar-refractivity contribution in [2.45, 2.75) is 25.9 Å². The zero-order chi connectivity index (χ0) is 17.2. The van der Waals surface area contributed by atoms with Crippen LogP contribution in [-0.2, 0) is 6.54 Å². The molecule has 0 spiro atoms. The highest BCUT2D eigenvalue weighted by Gasteiger charge is 2.08. The molecule has 3 N–H and O–H groups in total. The minimum absolute atomic E-state index is 0.0735. The van der Waals surface area contributed by atoms with Crippen LogP contribution in [0.5, 0.6) is 0 Å². The van der Waals surface area contributed by atoms with Crippen molar-refractivity contribution >= 4 is 6.03 Å². The lowest BCUT2D eigenvalue weighted by Gasteiger charge is -2.15. The summed E-state index contributed by atoms with van der Waals surface area (Å²) in [6.45, 7) is 2.51. The lowest BCUT2D eigenvalue weighted by Crippen LogP contribution is -2.36. The van der Waals surface area contributed by atoms with E-state index in [0.717, 1.165) is 16.7 Å². The molecule has 4 nitrogen and oxygen atoms in total. The highest BCUT2D eigenvalue weighted by Crippen LogP contribution is 2.13. The summed E-state index contributed by atoms with van der Waals surface area (Å²) in [5.74, 6) is 5.87. The van der Waals surface area contributed by atoms with E-state index in [0.29, 0.717) is 13.0 Å². The van der Waals surface area contributed by atoms with Crippen molar-refractivity contribution in [1.82, 2.24) is 10.6 Å². The highest BCUT2D eigenvalue weighted by atomic mass is 16.2. The molecule has 1 unspecified atom stereocenters. The Labute approximate surface area is 142 Å². The monoisotopic (exact) mass is 322 g/mol. The molecule has 1 atom stereocenters. The smallest absolute Gasteiger partial charge is 0.315 e. The van der Waals surface area contributed by atoms with Crippen LogP contribution in [0.4, 0.5) is 4.79 Å². The minimum atomic E-state index is -0.196. The summed E-state index contributed by atoms with van der Waals surface area (Å²) >= 11 is 0. The molecule has 0 bridgehead atoms. The van der Waals surface area contributed by atoms with Crippen LogP contribution in [0.15, 0.2) is 54.6 Å². The summed E-state index contributed by atoms with van der Waals surface area (Å²) in [4.78, 5) is 12.0. The Balaban J connectivity index is 1.84. The molecule has 0 fully saturated rings. The van der Waals surface area contributed by atoms with Crippen molar-refractivity contribution in [3.05, 3.63) is 71.3 Å². The molecular formula is C20H22N2O2. The van der Waals surface area contributed by atoms with E-state index >= 15 is 0 Å². The van der Waals surface area contributed by atoms with Gasteiger partial charge in [0.25, 0.3) is 0 Å². The molecule has 2 aromatic rings. The summed E-state index contributed by atoms with van der Waals surface area (Å²) in [7, 11) is 0. The van der Waals surface area contributed by atoms with Crippen molar-refractivity contribution in [3.8, 4) is 11.8 Å². The molecule has 2 rings (SSSR count). The molecule has 0 saturated heterocycles. The fraction of sp³-hybridized carbons (Fsp3) is 0.250. The molecule has 2 amide bonds. The highest BCUT2D eigenvalue weighted by molar-refractivity contribution is 5.74. The number of aliphatic hydroxyl groups excluding tert-OH is 1. The fourth-order valence-corrected chi connectivity index (χ4v) is 2.18. The molecule has 124 valence electrons. The van der Waals surface area contributed by atoms with Crippen LogP contribution < -0.4 is 10.6 Å². The van der Waals surface area contributed by atoms with Crippen molar-refractivity contribution in [1.29, 1.82) is 0 Å². The number of nitrogens with one attached hydrogen (secondary N) is 2. The number of aliphatic hydroxyl groups is 1. The summed E-state index contributed by atoms with van der Waals surface area (Å²) in [6.07, 6.45) is 0.474. The van der Waals surface area contributed by atoms with E-state index in [2.05, 4.69) is 22.5 Å². The zero-order valence-corrected chi connectivity index (χ0v) is 13.8. The number of carbonyl (C=O) groups is 1. The largest absolute Gasteiger partial charge is 0.395 e. The number of rotatable bonds is 5. The van der Waals surface area contributed by atoms with Crippen LogP contribution in [0.2, 0.25) is 0 Å². The maximum atomic E-state index is 12.0. The average Bonchev–Trinajstić information content (AvgIpc) is 2.61. The zero-order valence-electron chi connectivity index (χ0n) is 13.8. The van der Waals surface area contributed by atoms with Gasteiger partial charge in [0.1, 0.15) is 0 Å². The van der Waals surface area contributed by atoms with E-state index in [1.54, 1.807) is 0 Å². The molecule has 0 heterocycles. The fourth-order valence-electron chi connectivity index (χ4n) is 2.18. The van der Waals surface area contributed by atoms with E-state index in [1.165, 1.54) is 0 Å². The van der Waals surface area contributed by atoms with Gasteiger partial charge in [-0.3, -0.25) is 0 Å². The van der Waals surface area contributed by atoms with Crippen LogP contribution in [0.25, 0.3) is 0 Å². The third kappa shape index (κ3) is 5.79.